The summed E-state index contributed by atoms with van der Waals surface area (Å²) >= 11 is 0. The molecule has 0 aliphatic carbocycles. The van der Waals surface area contributed by atoms with Gasteiger partial charge < -0.3 is 19.5 Å². The molecular weight excluding hydrogens is 366 g/mol. The maximum atomic E-state index is 11.8. The van der Waals surface area contributed by atoms with Gasteiger partial charge in [-0.3, -0.25) is 14.4 Å². The predicted octanol–water partition coefficient (Wildman–Crippen LogP) is 1.76. The van der Waals surface area contributed by atoms with Gasteiger partial charge in [-0.25, -0.2) is 4.79 Å². The third-order valence-corrected chi connectivity index (χ3v) is 3.58. The summed E-state index contributed by atoms with van der Waals surface area (Å²) in [6, 6.07) is 9.29. The molecule has 1 atom stereocenters. The van der Waals surface area contributed by atoms with E-state index in [1.54, 1.807) is 13.8 Å². The summed E-state index contributed by atoms with van der Waals surface area (Å²) in [4.78, 5) is 46.4. The zero-order valence-electron chi connectivity index (χ0n) is 16.4. The van der Waals surface area contributed by atoms with Gasteiger partial charge in [0, 0.05) is 12.3 Å². The normalized spacial score (nSPS) is 11.4. The van der Waals surface area contributed by atoms with E-state index in [0.717, 1.165) is 5.56 Å². The molecule has 1 unspecified atom stereocenters. The second-order valence-corrected chi connectivity index (χ2v) is 6.42. The highest BCUT2D eigenvalue weighted by Gasteiger charge is 2.20. The minimum Gasteiger partial charge on any atom is -0.463 e. The molecule has 28 heavy (non-hydrogen) atoms. The molecule has 0 radical (unpaired) electrons. The third-order valence-electron chi connectivity index (χ3n) is 3.58. The highest BCUT2D eigenvalue weighted by atomic mass is 16.6. The van der Waals surface area contributed by atoms with Crippen LogP contribution in [0.1, 0.15) is 39.2 Å². The van der Waals surface area contributed by atoms with Gasteiger partial charge in [0.2, 0.25) is 5.91 Å². The first kappa shape index (κ1) is 23.1. The van der Waals surface area contributed by atoms with E-state index >= 15 is 0 Å². The number of hydrogen-bond donors (Lipinski definition) is 1. The Morgan fingerprint density at radius 1 is 0.964 bits per heavy atom. The van der Waals surface area contributed by atoms with E-state index in [0.29, 0.717) is 6.42 Å². The molecule has 0 spiro atoms. The molecule has 1 aromatic carbocycles. The summed E-state index contributed by atoms with van der Waals surface area (Å²) in [5, 5.41) is 2.40. The fourth-order valence-corrected chi connectivity index (χ4v) is 1.97. The van der Waals surface area contributed by atoms with Crippen LogP contribution in [0.3, 0.4) is 0 Å². The molecule has 0 fully saturated rings. The first-order valence-corrected chi connectivity index (χ1v) is 9.13. The lowest BCUT2D eigenvalue weighted by Gasteiger charge is -2.13. The topological polar surface area (TPSA) is 108 Å². The summed E-state index contributed by atoms with van der Waals surface area (Å²) in [6.07, 6.45) is -0.700. The lowest BCUT2D eigenvalue weighted by atomic mass is 10.2. The molecule has 1 rings (SSSR count). The summed E-state index contributed by atoms with van der Waals surface area (Å²) in [6.45, 7) is 4.64. The SMILES string of the molecule is CC(C)C(=O)NCC(=O)OC(C)C(=O)OCCCC(=O)OCc1ccccc1. The fourth-order valence-electron chi connectivity index (χ4n) is 1.97. The maximum absolute atomic E-state index is 11.8. The molecule has 0 heterocycles. The Bertz CT molecular complexity index is 658. The Kier molecular flexibility index (Phi) is 10.3. The number of ether oxygens (including phenoxy) is 3. The van der Waals surface area contributed by atoms with Gasteiger partial charge >= 0.3 is 17.9 Å². The van der Waals surface area contributed by atoms with E-state index in [2.05, 4.69) is 5.32 Å². The Morgan fingerprint density at radius 3 is 2.29 bits per heavy atom. The number of carbonyl (C=O) groups is 4. The molecule has 0 aromatic heterocycles. The average molecular weight is 393 g/mol. The highest BCUT2D eigenvalue weighted by Crippen LogP contribution is 2.03. The molecule has 0 bridgehead atoms. The zero-order valence-corrected chi connectivity index (χ0v) is 16.4. The van der Waals surface area contributed by atoms with Gasteiger partial charge in [0.05, 0.1) is 6.61 Å². The summed E-state index contributed by atoms with van der Waals surface area (Å²) in [5.74, 6) is -2.38. The first-order chi connectivity index (χ1) is 13.3. The monoisotopic (exact) mass is 393 g/mol. The van der Waals surface area contributed by atoms with Gasteiger partial charge in [-0.05, 0) is 18.9 Å². The Hall–Kier alpha value is -2.90. The molecule has 0 aliphatic heterocycles. The summed E-state index contributed by atoms with van der Waals surface area (Å²) in [5.41, 5.74) is 0.891. The molecule has 0 aliphatic rings. The van der Waals surface area contributed by atoms with E-state index in [1.807, 2.05) is 30.3 Å². The van der Waals surface area contributed by atoms with Crippen molar-refractivity contribution >= 4 is 23.8 Å². The first-order valence-electron chi connectivity index (χ1n) is 9.13. The van der Waals surface area contributed by atoms with E-state index < -0.39 is 18.0 Å². The Balaban J connectivity index is 2.15. The largest absolute Gasteiger partial charge is 0.463 e. The van der Waals surface area contributed by atoms with Crippen LogP contribution in [0, 0.1) is 5.92 Å². The van der Waals surface area contributed by atoms with Crippen LogP contribution >= 0.6 is 0 Å². The van der Waals surface area contributed by atoms with Crippen LogP contribution in [0.5, 0.6) is 0 Å². The molecule has 1 N–H and O–H groups in total. The van der Waals surface area contributed by atoms with Crippen molar-refractivity contribution < 1.29 is 33.4 Å². The number of hydrogen-bond acceptors (Lipinski definition) is 7. The van der Waals surface area contributed by atoms with Crippen molar-refractivity contribution in [2.75, 3.05) is 13.2 Å². The van der Waals surface area contributed by atoms with Crippen LogP contribution in [0.2, 0.25) is 0 Å². The van der Waals surface area contributed by atoms with Gasteiger partial charge in [0.25, 0.3) is 0 Å². The van der Waals surface area contributed by atoms with Crippen LogP contribution in [0.4, 0.5) is 0 Å². The maximum Gasteiger partial charge on any atom is 0.347 e. The average Bonchev–Trinajstić information content (AvgIpc) is 2.68. The second kappa shape index (κ2) is 12.5. The minimum atomic E-state index is -1.10. The van der Waals surface area contributed by atoms with Crippen molar-refractivity contribution in [3.8, 4) is 0 Å². The zero-order chi connectivity index (χ0) is 20.9. The highest BCUT2D eigenvalue weighted by molar-refractivity contribution is 5.84. The van der Waals surface area contributed by atoms with Gasteiger partial charge in [0.15, 0.2) is 6.10 Å². The number of rotatable bonds is 11. The smallest absolute Gasteiger partial charge is 0.347 e. The number of amides is 1. The van der Waals surface area contributed by atoms with Crippen LogP contribution in [-0.4, -0.2) is 43.1 Å². The lowest BCUT2D eigenvalue weighted by Crippen LogP contribution is -2.36. The van der Waals surface area contributed by atoms with Gasteiger partial charge in [-0.15, -0.1) is 0 Å². The molecule has 8 heteroatoms. The minimum absolute atomic E-state index is 0.00520. The lowest BCUT2D eigenvalue weighted by molar-refractivity contribution is -0.166. The molecule has 154 valence electrons. The third kappa shape index (κ3) is 9.70. The van der Waals surface area contributed by atoms with Crippen molar-refractivity contribution in [2.24, 2.45) is 5.92 Å². The van der Waals surface area contributed by atoms with Crippen LogP contribution < -0.4 is 5.32 Å². The van der Waals surface area contributed by atoms with Gasteiger partial charge in [0.1, 0.15) is 13.2 Å². The van der Waals surface area contributed by atoms with E-state index in [1.165, 1.54) is 6.92 Å². The van der Waals surface area contributed by atoms with Crippen molar-refractivity contribution in [1.82, 2.24) is 5.32 Å². The van der Waals surface area contributed by atoms with Crippen LogP contribution in [-0.2, 0) is 40.0 Å². The second-order valence-electron chi connectivity index (χ2n) is 6.42. The number of carbonyl (C=O) groups excluding carboxylic acids is 4. The summed E-state index contributed by atoms with van der Waals surface area (Å²) < 4.78 is 15.0. The van der Waals surface area contributed by atoms with E-state index in [4.69, 9.17) is 14.2 Å². The Morgan fingerprint density at radius 2 is 1.64 bits per heavy atom. The molecule has 1 aromatic rings. The van der Waals surface area contributed by atoms with Crippen molar-refractivity contribution in [3.63, 3.8) is 0 Å². The predicted molar refractivity (Wildman–Crippen MR) is 99.8 cm³/mol. The standard InChI is InChI=1S/C20H27NO7/c1-14(2)19(24)21-12-18(23)28-15(3)20(25)26-11-7-10-17(22)27-13-16-8-5-4-6-9-16/h4-6,8-9,14-15H,7,10-13H2,1-3H3,(H,21,24). The van der Waals surface area contributed by atoms with Crippen molar-refractivity contribution in [3.05, 3.63) is 35.9 Å². The molecule has 0 saturated carbocycles. The number of esters is 3. The number of benzene rings is 1. The Labute approximate surface area is 164 Å². The molecule has 8 nitrogen and oxygen atoms in total. The molecule has 0 saturated heterocycles. The van der Waals surface area contributed by atoms with Crippen LogP contribution in [0.15, 0.2) is 30.3 Å². The quantitative estimate of drug-likeness (QED) is 0.347. The van der Waals surface area contributed by atoms with Gasteiger partial charge in [-0.1, -0.05) is 44.2 Å². The summed E-state index contributed by atoms with van der Waals surface area (Å²) in [7, 11) is 0. The van der Waals surface area contributed by atoms with Gasteiger partial charge in [-0.2, -0.15) is 0 Å². The van der Waals surface area contributed by atoms with Crippen LogP contribution in [0.25, 0.3) is 0 Å². The van der Waals surface area contributed by atoms with E-state index in [-0.39, 0.29) is 44.0 Å². The molecular formula is C20H27NO7. The van der Waals surface area contributed by atoms with Crippen molar-refractivity contribution in [1.29, 1.82) is 0 Å². The fraction of sp³-hybridized carbons (Fsp3) is 0.500. The van der Waals surface area contributed by atoms with E-state index in [9.17, 15) is 19.2 Å². The number of nitrogens with one attached hydrogen (secondary N) is 1. The molecule has 1 amide bonds. The van der Waals surface area contributed by atoms with Crippen molar-refractivity contribution in [2.45, 2.75) is 46.3 Å².